The largest absolute Gasteiger partial charge is 0.456 e. The number of nitrogens with two attached hydrogens (primary N) is 1. The van der Waals surface area contributed by atoms with E-state index in [-0.39, 0.29) is 0 Å². The number of furan rings is 1. The molecule has 8 aromatic carbocycles. The van der Waals surface area contributed by atoms with Crippen molar-refractivity contribution in [3.63, 3.8) is 0 Å². The fourth-order valence-electron chi connectivity index (χ4n) is 8.95. The second-order valence-corrected chi connectivity index (χ2v) is 16.0. The van der Waals surface area contributed by atoms with E-state index >= 15 is 0 Å². The number of aliphatic imine (C=N–C) groups is 1. The molecule has 0 saturated heterocycles. The molecule has 0 aliphatic rings. The fourth-order valence-corrected chi connectivity index (χ4v) is 10.2. The van der Waals surface area contributed by atoms with Crippen LogP contribution in [0.5, 0.6) is 0 Å². The van der Waals surface area contributed by atoms with Crippen LogP contribution in [-0.4, -0.2) is 15.0 Å². The van der Waals surface area contributed by atoms with Crippen molar-refractivity contribution < 1.29 is 4.42 Å². The Balaban J connectivity index is 0.000000831. The highest BCUT2D eigenvalue weighted by Crippen LogP contribution is 2.44. The van der Waals surface area contributed by atoms with E-state index in [2.05, 4.69) is 149 Å². The van der Waals surface area contributed by atoms with Gasteiger partial charge in [-0.25, -0.2) is 4.99 Å². The van der Waals surface area contributed by atoms with Crippen LogP contribution in [0.3, 0.4) is 0 Å². The summed E-state index contributed by atoms with van der Waals surface area (Å²) < 4.78 is 13.4. The van der Waals surface area contributed by atoms with Gasteiger partial charge in [0.15, 0.2) is 0 Å². The van der Waals surface area contributed by atoms with E-state index in [9.17, 15) is 0 Å². The molecule has 12 aromatic rings. The van der Waals surface area contributed by atoms with Crippen molar-refractivity contribution in [1.29, 1.82) is 0 Å². The summed E-state index contributed by atoms with van der Waals surface area (Å²) in [6.45, 7) is 12.0. The van der Waals surface area contributed by atoms with E-state index in [0.29, 0.717) is 12.3 Å². The fraction of sp³-hybridized carbons (Fsp3) is 0.121. The number of hydrogen-bond donors (Lipinski definition) is 1. The zero-order chi connectivity index (χ0) is 44.3. The first-order chi connectivity index (χ1) is 31.7. The molecular weight excluding hydrogens is 801 g/mol. The molecule has 0 aliphatic heterocycles. The van der Waals surface area contributed by atoms with Gasteiger partial charge in [0.05, 0.1) is 22.1 Å². The molecule has 0 saturated carbocycles. The van der Waals surface area contributed by atoms with Gasteiger partial charge in [0, 0.05) is 63.7 Å². The van der Waals surface area contributed by atoms with Crippen LogP contribution < -0.4 is 5.73 Å². The average molecular weight is 853 g/mol. The molecule has 316 valence electrons. The highest BCUT2D eigenvalue weighted by molar-refractivity contribution is 7.26. The Morgan fingerprint density at radius 1 is 0.531 bits per heavy atom. The number of hydrogen-bond acceptors (Lipinski definition) is 3. The third-order valence-electron chi connectivity index (χ3n) is 11.6. The molecule has 0 radical (unpaired) electrons. The first-order valence-corrected chi connectivity index (χ1v) is 23.4. The zero-order valence-electron chi connectivity index (χ0n) is 37.3. The lowest BCUT2D eigenvalue weighted by Gasteiger charge is -2.11. The van der Waals surface area contributed by atoms with Crippen molar-refractivity contribution in [3.05, 3.63) is 193 Å². The lowest BCUT2D eigenvalue weighted by atomic mass is 10.1. The molecule has 0 aliphatic carbocycles. The molecule has 0 spiro atoms. The van der Waals surface area contributed by atoms with E-state index in [0.717, 1.165) is 55.6 Å². The second kappa shape index (κ2) is 18.1. The van der Waals surface area contributed by atoms with Gasteiger partial charge in [0.2, 0.25) is 0 Å². The molecule has 0 fully saturated rings. The molecule has 12 rings (SSSR count). The molecule has 4 aromatic heterocycles. The van der Waals surface area contributed by atoms with Crippen LogP contribution in [-0.2, 0) is 6.42 Å². The van der Waals surface area contributed by atoms with E-state index in [1.807, 2.05) is 95.3 Å². The molecule has 64 heavy (non-hydrogen) atoms. The molecule has 6 heteroatoms. The van der Waals surface area contributed by atoms with Gasteiger partial charge in [-0.05, 0) is 78.7 Å². The van der Waals surface area contributed by atoms with Gasteiger partial charge in [-0.1, -0.05) is 157 Å². The first-order valence-electron chi connectivity index (χ1n) is 22.6. The van der Waals surface area contributed by atoms with Crippen LogP contribution in [0, 0.1) is 0 Å². The number of benzene rings is 8. The van der Waals surface area contributed by atoms with E-state index in [1.165, 1.54) is 52.8 Å². The van der Waals surface area contributed by atoms with Crippen molar-refractivity contribution in [2.24, 2.45) is 10.7 Å². The third-order valence-corrected chi connectivity index (χ3v) is 12.8. The first kappa shape index (κ1) is 41.9. The van der Waals surface area contributed by atoms with Gasteiger partial charge in [-0.2, -0.15) is 0 Å². The predicted octanol–water partition coefficient (Wildman–Crippen LogP) is 16.7. The molecular formula is C58H52N4OS. The lowest BCUT2D eigenvalue weighted by Crippen LogP contribution is -2.14. The van der Waals surface area contributed by atoms with Gasteiger partial charge < -0.3 is 14.7 Å². The highest BCUT2D eigenvalue weighted by atomic mass is 32.1. The Morgan fingerprint density at radius 2 is 1.14 bits per heavy atom. The summed E-state index contributed by atoms with van der Waals surface area (Å²) in [6, 6.07) is 62.2. The summed E-state index contributed by atoms with van der Waals surface area (Å²) >= 11 is 1.86. The maximum absolute atomic E-state index is 6.83. The quantitative estimate of drug-likeness (QED) is 0.134. The minimum atomic E-state index is 0.467. The van der Waals surface area contributed by atoms with Gasteiger partial charge in [0.25, 0.3) is 0 Å². The standard InChI is InChI=1S/C52H34N4OS.3C2H6/c53-52(33-12-2-1-3-13-33)54-49(29-23-32-22-27-47-40(30-32)37-16-7-11-21-46(37)57-47)56-44-20-10-6-17-39(44)50-45(56)26-25-38-41-31-34(24-28-48(41)58-51(38)50)55-42-18-8-4-14-35(42)36-15-5-9-19-43(36)55;3*1-2/h1-22,24-31H,23H2,(H2,53,54);3*1-2H3/b49-29+;;;. The van der Waals surface area contributed by atoms with Crippen LogP contribution in [0.2, 0.25) is 0 Å². The minimum absolute atomic E-state index is 0.467. The van der Waals surface area contributed by atoms with Gasteiger partial charge in [-0.3, -0.25) is 4.57 Å². The Morgan fingerprint density at radius 3 is 1.86 bits per heavy atom. The summed E-state index contributed by atoms with van der Waals surface area (Å²) in [4.78, 5) is 5.22. The summed E-state index contributed by atoms with van der Waals surface area (Å²) in [5.74, 6) is 1.24. The van der Waals surface area contributed by atoms with E-state index in [4.69, 9.17) is 15.1 Å². The Kier molecular flexibility index (Phi) is 11.9. The smallest absolute Gasteiger partial charge is 0.136 e. The zero-order valence-corrected chi connectivity index (χ0v) is 38.1. The summed E-state index contributed by atoms with van der Waals surface area (Å²) in [5.41, 5.74) is 16.4. The number of allylic oxidation sites excluding steroid dienone is 1. The van der Waals surface area contributed by atoms with Crippen LogP contribution in [0.4, 0.5) is 0 Å². The third kappa shape index (κ3) is 7.10. The van der Waals surface area contributed by atoms with Gasteiger partial charge >= 0.3 is 0 Å². The normalized spacial score (nSPS) is 11.9. The topological polar surface area (TPSA) is 61.4 Å². The van der Waals surface area contributed by atoms with Crippen LogP contribution in [0.1, 0.15) is 52.7 Å². The second-order valence-electron chi connectivity index (χ2n) is 14.9. The number of thiophene rings is 1. The maximum Gasteiger partial charge on any atom is 0.136 e. The van der Waals surface area contributed by atoms with Crippen LogP contribution in [0.25, 0.3) is 97.2 Å². The average Bonchev–Trinajstić information content (AvgIpc) is 4.12. The van der Waals surface area contributed by atoms with Crippen molar-refractivity contribution >= 4 is 109 Å². The highest BCUT2D eigenvalue weighted by Gasteiger charge is 2.20. The van der Waals surface area contributed by atoms with Crippen molar-refractivity contribution in [3.8, 4) is 5.69 Å². The molecule has 0 amide bonds. The number of para-hydroxylation sites is 4. The van der Waals surface area contributed by atoms with Gasteiger partial charge in [0.1, 0.15) is 22.8 Å². The number of rotatable bonds is 6. The number of fused-ring (bicyclic) bond motifs is 13. The predicted molar refractivity (Wildman–Crippen MR) is 280 cm³/mol. The molecule has 0 atom stereocenters. The summed E-state index contributed by atoms with van der Waals surface area (Å²) in [7, 11) is 0. The maximum atomic E-state index is 6.83. The monoisotopic (exact) mass is 852 g/mol. The molecule has 5 nitrogen and oxygen atoms in total. The van der Waals surface area contributed by atoms with Crippen molar-refractivity contribution in [1.82, 2.24) is 9.13 Å². The molecule has 0 unspecified atom stereocenters. The van der Waals surface area contributed by atoms with E-state index in [1.54, 1.807) is 0 Å². The van der Waals surface area contributed by atoms with Crippen molar-refractivity contribution in [2.45, 2.75) is 48.0 Å². The van der Waals surface area contributed by atoms with E-state index < -0.39 is 0 Å². The number of nitrogens with zero attached hydrogens (tertiary/aromatic N) is 3. The lowest BCUT2D eigenvalue weighted by molar-refractivity contribution is 0.669. The SMILES string of the molecule is CC.CC.CC.N/C(=N\C(=C/Cc1ccc2oc3ccccc3c2c1)n1c2ccccc2c2c3sc4ccc(-n5c6ccccc6c6ccccc65)cc4c3ccc21)c1ccccc1. The number of amidine groups is 1. The minimum Gasteiger partial charge on any atom is -0.456 e. The molecule has 4 heterocycles. The Bertz CT molecular complexity index is 3620. The van der Waals surface area contributed by atoms with Gasteiger partial charge in [-0.15, -0.1) is 11.3 Å². The number of aromatic nitrogens is 2. The molecule has 2 N–H and O–H groups in total. The van der Waals surface area contributed by atoms with Crippen molar-refractivity contribution in [2.75, 3.05) is 0 Å². The van der Waals surface area contributed by atoms with Crippen LogP contribution in [0.15, 0.2) is 191 Å². The summed E-state index contributed by atoms with van der Waals surface area (Å²) in [6.07, 6.45) is 2.86. The Hall–Kier alpha value is -7.41. The Labute approximate surface area is 378 Å². The molecule has 0 bridgehead atoms. The van der Waals surface area contributed by atoms with Crippen LogP contribution >= 0.6 is 11.3 Å². The summed E-state index contributed by atoms with van der Waals surface area (Å²) in [5, 5.41) is 9.66.